The van der Waals surface area contributed by atoms with E-state index >= 15 is 0 Å². The van der Waals surface area contributed by atoms with Crippen molar-refractivity contribution in [1.29, 1.82) is 0 Å². The van der Waals surface area contributed by atoms with Crippen molar-refractivity contribution in [3.63, 3.8) is 0 Å². The second kappa shape index (κ2) is 10.6. The SMILES string of the molecule is CCN(C(=O)[C@H](Cc1ccccc1)NC(=O)OC(C)(C)C)C(C)Cc1ccc2c(c1)OCO2. The molecule has 1 heterocycles. The van der Waals surface area contributed by atoms with Gasteiger partial charge < -0.3 is 24.4 Å². The van der Waals surface area contributed by atoms with E-state index in [-0.39, 0.29) is 18.7 Å². The first-order chi connectivity index (χ1) is 15.7. The predicted molar refractivity (Wildman–Crippen MR) is 126 cm³/mol. The summed E-state index contributed by atoms with van der Waals surface area (Å²) in [5.74, 6) is 1.32. The zero-order valence-corrected chi connectivity index (χ0v) is 20.1. The molecule has 0 saturated heterocycles. The highest BCUT2D eigenvalue weighted by Gasteiger charge is 2.30. The van der Waals surface area contributed by atoms with Gasteiger partial charge in [-0.25, -0.2) is 4.79 Å². The first kappa shape index (κ1) is 24.4. The Morgan fingerprint density at radius 1 is 1.03 bits per heavy atom. The number of alkyl carbamates (subject to hydrolysis) is 1. The Balaban J connectivity index is 1.75. The van der Waals surface area contributed by atoms with Crippen LogP contribution < -0.4 is 14.8 Å². The Morgan fingerprint density at radius 3 is 2.39 bits per heavy atom. The van der Waals surface area contributed by atoms with E-state index in [0.29, 0.717) is 19.4 Å². The molecule has 0 aliphatic carbocycles. The number of benzene rings is 2. The monoisotopic (exact) mass is 454 g/mol. The number of amides is 2. The average Bonchev–Trinajstić information content (AvgIpc) is 3.21. The van der Waals surface area contributed by atoms with E-state index in [1.807, 2.05) is 62.4 Å². The third kappa shape index (κ3) is 6.88. The lowest BCUT2D eigenvalue weighted by molar-refractivity contribution is -0.135. The van der Waals surface area contributed by atoms with Gasteiger partial charge in [-0.1, -0.05) is 36.4 Å². The maximum atomic E-state index is 13.6. The Hall–Kier alpha value is -3.22. The molecular formula is C26H34N2O5. The first-order valence-electron chi connectivity index (χ1n) is 11.4. The fourth-order valence-electron chi connectivity index (χ4n) is 3.90. The number of carbonyl (C=O) groups excluding carboxylic acids is 2. The van der Waals surface area contributed by atoms with Gasteiger partial charge in [0.05, 0.1) is 0 Å². The van der Waals surface area contributed by atoms with Crippen LogP contribution in [0.25, 0.3) is 0 Å². The number of hydrogen-bond donors (Lipinski definition) is 1. The molecule has 1 N–H and O–H groups in total. The third-order valence-corrected chi connectivity index (χ3v) is 5.40. The minimum absolute atomic E-state index is 0.0819. The van der Waals surface area contributed by atoms with Gasteiger partial charge in [0, 0.05) is 19.0 Å². The van der Waals surface area contributed by atoms with Crippen molar-refractivity contribution in [2.45, 2.75) is 65.1 Å². The number of rotatable bonds is 8. The van der Waals surface area contributed by atoms with Gasteiger partial charge in [-0.2, -0.15) is 0 Å². The lowest BCUT2D eigenvalue weighted by Crippen LogP contribution is -2.53. The molecular weight excluding hydrogens is 420 g/mol. The summed E-state index contributed by atoms with van der Waals surface area (Å²) in [7, 11) is 0. The van der Waals surface area contributed by atoms with Gasteiger partial charge in [0.2, 0.25) is 12.7 Å². The molecule has 2 atom stereocenters. The molecule has 0 fully saturated rings. The summed E-state index contributed by atoms with van der Waals surface area (Å²) in [6, 6.07) is 14.7. The van der Waals surface area contributed by atoms with Crippen LogP contribution in [0.15, 0.2) is 48.5 Å². The van der Waals surface area contributed by atoms with Gasteiger partial charge in [-0.15, -0.1) is 0 Å². The second-order valence-electron chi connectivity index (χ2n) is 9.25. The molecule has 3 rings (SSSR count). The van der Waals surface area contributed by atoms with Crippen molar-refractivity contribution in [3.8, 4) is 11.5 Å². The molecule has 1 aliphatic rings. The van der Waals surface area contributed by atoms with E-state index in [2.05, 4.69) is 5.32 Å². The predicted octanol–water partition coefficient (Wildman–Crippen LogP) is 4.33. The summed E-state index contributed by atoms with van der Waals surface area (Å²) in [6.45, 7) is 10.1. The van der Waals surface area contributed by atoms with Crippen LogP contribution in [0.2, 0.25) is 0 Å². The van der Waals surface area contributed by atoms with Crippen molar-refractivity contribution in [3.05, 3.63) is 59.7 Å². The molecule has 178 valence electrons. The molecule has 2 aromatic carbocycles. The normalized spacial score (nSPS) is 14.3. The fourth-order valence-corrected chi connectivity index (χ4v) is 3.90. The van der Waals surface area contributed by atoms with Crippen molar-refractivity contribution in [1.82, 2.24) is 10.2 Å². The van der Waals surface area contributed by atoms with Gasteiger partial charge in [0.1, 0.15) is 11.6 Å². The molecule has 0 aromatic heterocycles. The van der Waals surface area contributed by atoms with E-state index in [9.17, 15) is 9.59 Å². The Kier molecular flexibility index (Phi) is 7.84. The van der Waals surface area contributed by atoms with Gasteiger partial charge in [-0.05, 0) is 64.3 Å². The summed E-state index contributed by atoms with van der Waals surface area (Å²) < 4.78 is 16.3. The number of nitrogens with one attached hydrogen (secondary N) is 1. The fraction of sp³-hybridized carbons (Fsp3) is 0.462. The van der Waals surface area contributed by atoms with E-state index in [1.165, 1.54) is 0 Å². The molecule has 0 bridgehead atoms. The second-order valence-corrected chi connectivity index (χ2v) is 9.25. The lowest BCUT2D eigenvalue weighted by Gasteiger charge is -2.32. The standard InChI is InChI=1S/C26H34N2O5/c1-6-28(18(2)14-20-12-13-22-23(16-20)32-17-31-22)24(29)21(15-19-10-8-7-9-11-19)27-25(30)33-26(3,4)5/h7-13,16,18,21H,6,14-15,17H2,1-5H3,(H,27,30)/t18?,21-/m0/s1. The van der Waals surface area contributed by atoms with Crippen LogP contribution in [0.4, 0.5) is 4.79 Å². The zero-order chi connectivity index (χ0) is 24.0. The van der Waals surface area contributed by atoms with E-state index < -0.39 is 17.7 Å². The molecule has 0 spiro atoms. The van der Waals surface area contributed by atoms with Crippen LogP contribution in [0.3, 0.4) is 0 Å². The number of hydrogen-bond acceptors (Lipinski definition) is 5. The van der Waals surface area contributed by atoms with Crippen LogP contribution in [-0.2, 0) is 22.4 Å². The topological polar surface area (TPSA) is 77.1 Å². The summed E-state index contributed by atoms with van der Waals surface area (Å²) in [5, 5.41) is 2.80. The van der Waals surface area contributed by atoms with Crippen molar-refractivity contribution in [2.24, 2.45) is 0 Å². The van der Waals surface area contributed by atoms with Crippen LogP contribution in [0, 0.1) is 0 Å². The molecule has 7 nitrogen and oxygen atoms in total. The number of ether oxygens (including phenoxy) is 3. The quantitative estimate of drug-likeness (QED) is 0.642. The molecule has 2 aromatic rings. The molecule has 7 heteroatoms. The van der Waals surface area contributed by atoms with Crippen molar-refractivity contribution < 1.29 is 23.8 Å². The number of carbonyl (C=O) groups is 2. The first-order valence-corrected chi connectivity index (χ1v) is 11.4. The number of nitrogens with zero attached hydrogens (tertiary/aromatic N) is 1. The highest BCUT2D eigenvalue weighted by molar-refractivity contribution is 5.86. The van der Waals surface area contributed by atoms with Gasteiger partial charge in [0.25, 0.3) is 0 Å². The van der Waals surface area contributed by atoms with Crippen molar-refractivity contribution in [2.75, 3.05) is 13.3 Å². The summed E-state index contributed by atoms with van der Waals surface area (Å²) in [6.07, 6.45) is 0.434. The van der Waals surface area contributed by atoms with Gasteiger partial charge in [-0.3, -0.25) is 4.79 Å². The van der Waals surface area contributed by atoms with E-state index in [0.717, 1.165) is 22.6 Å². The molecule has 2 amide bonds. The molecule has 0 saturated carbocycles. The maximum Gasteiger partial charge on any atom is 0.408 e. The smallest absolute Gasteiger partial charge is 0.408 e. The van der Waals surface area contributed by atoms with Crippen LogP contribution in [0.5, 0.6) is 11.5 Å². The van der Waals surface area contributed by atoms with E-state index in [1.54, 1.807) is 25.7 Å². The molecule has 1 aliphatic heterocycles. The van der Waals surface area contributed by atoms with Crippen molar-refractivity contribution >= 4 is 12.0 Å². The molecule has 1 unspecified atom stereocenters. The minimum Gasteiger partial charge on any atom is -0.454 e. The largest absolute Gasteiger partial charge is 0.454 e. The molecule has 33 heavy (non-hydrogen) atoms. The zero-order valence-electron chi connectivity index (χ0n) is 20.1. The third-order valence-electron chi connectivity index (χ3n) is 5.40. The Labute approximate surface area is 196 Å². The highest BCUT2D eigenvalue weighted by atomic mass is 16.7. The summed E-state index contributed by atoms with van der Waals surface area (Å²) in [5.41, 5.74) is 1.37. The maximum absolute atomic E-state index is 13.6. The van der Waals surface area contributed by atoms with E-state index in [4.69, 9.17) is 14.2 Å². The minimum atomic E-state index is -0.735. The average molecular weight is 455 g/mol. The van der Waals surface area contributed by atoms with Crippen LogP contribution in [0.1, 0.15) is 45.7 Å². The van der Waals surface area contributed by atoms with Gasteiger partial charge >= 0.3 is 6.09 Å². The Bertz CT molecular complexity index is 955. The van der Waals surface area contributed by atoms with Crippen LogP contribution >= 0.6 is 0 Å². The summed E-state index contributed by atoms with van der Waals surface area (Å²) >= 11 is 0. The lowest BCUT2D eigenvalue weighted by atomic mass is 10.0. The van der Waals surface area contributed by atoms with Crippen LogP contribution in [-0.4, -0.2) is 47.9 Å². The van der Waals surface area contributed by atoms with Gasteiger partial charge in [0.15, 0.2) is 11.5 Å². The highest BCUT2D eigenvalue weighted by Crippen LogP contribution is 2.33. The number of likely N-dealkylation sites (N-methyl/N-ethyl adjacent to an activating group) is 1. The number of fused-ring (bicyclic) bond motifs is 1. The Morgan fingerprint density at radius 2 is 1.73 bits per heavy atom. The summed E-state index contributed by atoms with van der Waals surface area (Å²) in [4.78, 5) is 27.9. The molecule has 0 radical (unpaired) electrons.